The zero-order chi connectivity index (χ0) is 59.0. The molecule has 0 saturated carbocycles. The summed E-state index contributed by atoms with van der Waals surface area (Å²) in [5.41, 5.74) is 3.36. The molecule has 0 unspecified atom stereocenters. The number of benzene rings is 4. The fraction of sp³-hybridized carbons (Fsp3) is 0.456. The second kappa shape index (κ2) is 26.8. The minimum Gasteiger partial charge on any atom is -0.508 e. The molecule has 3 aliphatic rings. The first-order valence-electron chi connectivity index (χ1n) is 26.8. The highest BCUT2D eigenvalue weighted by Gasteiger charge is 2.50. The molecule has 3 heterocycles. The van der Waals surface area contributed by atoms with Crippen LogP contribution in [0.2, 0.25) is 0 Å². The van der Waals surface area contributed by atoms with Crippen molar-refractivity contribution in [3.8, 4) is 33.8 Å². The third-order valence-corrected chi connectivity index (χ3v) is 14.8. The van der Waals surface area contributed by atoms with Gasteiger partial charge in [-0.15, -0.1) is 0 Å². The maximum Gasteiger partial charge on any atom is 0.251 e. The molecule has 0 spiro atoms. The Morgan fingerprint density at radius 1 is 0.642 bits per heavy atom. The van der Waals surface area contributed by atoms with Crippen molar-refractivity contribution in [2.75, 3.05) is 19.7 Å². The SMILES string of the molecule is CCCCOc1ccc(-c2ccc(-c3ccc(C(=O)N[C@H]4C[C@@H](O)[C@@H](O)NC(=O)[C@@H]5[C@@H](O)[C@@H](C)CN5C(=O)[C@H]([C@@H](C)O)NC(=O)[C@H]([C@H](O)[C@@H](O)c5ccc(O)cc5)NC(=O)[C@@H]5C[C@@H](O)CN5C(=O)[C@H]([C@@H](C)O)NC4=O)cc3)cc2)cc1. The smallest absolute Gasteiger partial charge is 0.251 e. The Morgan fingerprint density at radius 3 is 1.72 bits per heavy atom. The summed E-state index contributed by atoms with van der Waals surface area (Å²) in [6.07, 6.45) is -14.8. The van der Waals surface area contributed by atoms with Crippen molar-refractivity contribution in [1.29, 1.82) is 0 Å². The van der Waals surface area contributed by atoms with Gasteiger partial charge in [0.05, 0.1) is 31.0 Å². The lowest BCUT2D eigenvalue weighted by Gasteiger charge is -2.34. The van der Waals surface area contributed by atoms with Crippen LogP contribution >= 0.6 is 0 Å². The van der Waals surface area contributed by atoms with E-state index in [0.717, 1.165) is 71.1 Å². The summed E-state index contributed by atoms with van der Waals surface area (Å²) < 4.78 is 5.78. The topological polar surface area (TPSA) is 377 Å². The third kappa shape index (κ3) is 14.5. The van der Waals surface area contributed by atoms with Gasteiger partial charge < -0.3 is 87.1 Å². The van der Waals surface area contributed by atoms with E-state index < -0.39 is 152 Å². The van der Waals surface area contributed by atoms with Crippen LogP contribution in [-0.2, 0) is 28.8 Å². The molecule has 4 aromatic carbocycles. The summed E-state index contributed by atoms with van der Waals surface area (Å²) in [5, 5.41) is 111. The Morgan fingerprint density at radius 2 is 1.16 bits per heavy atom. The van der Waals surface area contributed by atoms with Crippen LogP contribution in [0.3, 0.4) is 0 Å². The van der Waals surface area contributed by atoms with E-state index in [9.17, 15) is 79.5 Å². The highest BCUT2D eigenvalue weighted by atomic mass is 16.5. The van der Waals surface area contributed by atoms with Crippen molar-refractivity contribution in [3.05, 3.63) is 108 Å². The van der Waals surface area contributed by atoms with Crippen molar-refractivity contribution in [2.45, 2.75) is 139 Å². The van der Waals surface area contributed by atoms with Crippen LogP contribution in [0.5, 0.6) is 11.5 Å². The number of hydrogen-bond donors (Lipinski definition) is 14. The number of unbranched alkanes of at least 4 members (excludes halogenated alkanes) is 1. The van der Waals surface area contributed by atoms with Gasteiger partial charge in [0, 0.05) is 37.4 Å². The molecule has 0 aromatic heterocycles. The minimum atomic E-state index is -2.29. The molecule has 436 valence electrons. The third-order valence-electron chi connectivity index (χ3n) is 14.8. The molecule has 3 fully saturated rings. The second-order valence-corrected chi connectivity index (χ2v) is 20.9. The summed E-state index contributed by atoms with van der Waals surface area (Å²) in [5.74, 6) is -8.68. The van der Waals surface area contributed by atoms with Crippen molar-refractivity contribution in [2.24, 2.45) is 5.92 Å². The molecule has 14 N–H and O–H groups in total. The zero-order valence-electron chi connectivity index (χ0n) is 45.0. The molecule has 0 bridgehead atoms. The van der Waals surface area contributed by atoms with E-state index in [1.165, 1.54) is 31.2 Å². The van der Waals surface area contributed by atoms with E-state index in [2.05, 4.69) is 33.5 Å². The largest absolute Gasteiger partial charge is 0.508 e. The van der Waals surface area contributed by atoms with Crippen LogP contribution in [-0.4, -0.2) is 196 Å². The van der Waals surface area contributed by atoms with Crippen LogP contribution < -0.4 is 31.3 Å². The summed E-state index contributed by atoms with van der Waals surface area (Å²) >= 11 is 0. The molecule has 81 heavy (non-hydrogen) atoms. The Kier molecular flexibility index (Phi) is 20.2. The fourth-order valence-corrected chi connectivity index (χ4v) is 10.0. The second-order valence-electron chi connectivity index (χ2n) is 20.9. The van der Waals surface area contributed by atoms with Gasteiger partial charge in [-0.2, -0.15) is 0 Å². The van der Waals surface area contributed by atoms with Crippen LogP contribution in [0.4, 0.5) is 0 Å². The molecule has 4 aromatic rings. The van der Waals surface area contributed by atoms with E-state index in [-0.39, 0.29) is 23.4 Å². The molecule has 0 aliphatic carbocycles. The first kappa shape index (κ1) is 61.1. The Bertz CT molecular complexity index is 2860. The fourth-order valence-electron chi connectivity index (χ4n) is 10.0. The lowest BCUT2D eigenvalue weighted by atomic mass is 9.96. The number of amides is 7. The molecule has 7 rings (SSSR count). The molecular formula is C57H71N7O17. The van der Waals surface area contributed by atoms with E-state index in [4.69, 9.17) is 4.74 Å². The number of phenols is 1. The molecule has 24 nitrogen and oxygen atoms in total. The van der Waals surface area contributed by atoms with Crippen molar-refractivity contribution >= 4 is 41.4 Å². The number of aromatic hydroxyl groups is 1. The van der Waals surface area contributed by atoms with Gasteiger partial charge in [0.2, 0.25) is 35.4 Å². The van der Waals surface area contributed by atoms with E-state index in [0.29, 0.717) is 12.2 Å². The quantitative estimate of drug-likeness (QED) is 0.0691. The van der Waals surface area contributed by atoms with Crippen molar-refractivity contribution in [1.82, 2.24) is 36.4 Å². The number of nitrogens with one attached hydrogen (secondary N) is 5. The number of nitrogens with zero attached hydrogens (tertiary/aromatic N) is 2. The van der Waals surface area contributed by atoms with E-state index in [1.807, 2.05) is 48.5 Å². The number of rotatable bonds is 13. The minimum absolute atomic E-state index is 0.00903. The Balaban J connectivity index is 1.19. The number of phenolic OH excluding ortho intramolecular Hbond substituents is 1. The number of carbonyl (C=O) groups excluding carboxylic acids is 7. The van der Waals surface area contributed by atoms with Gasteiger partial charge in [-0.25, -0.2) is 0 Å². The van der Waals surface area contributed by atoms with Gasteiger partial charge in [0.25, 0.3) is 5.91 Å². The van der Waals surface area contributed by atoms with Gasteiger partial charge in [0.1, 0.15) is 66.1 Å². The maximum atomic E-state index is 14.5. The lowest BCUT2D eigenvalue weighted by molar-refractivity contribution is -0.148. The van der Waals surface area contributed by atoms with Gasteiger partial charge in [-0.05, 0) is 84.5 Å². The number of fused-ring (bicyclic) bond motifs is 2. The summed E-state index contributed by atoms with van der Waals surface area (Å²) in [6.45, 7) is 5.41. The average Bonchev–Trinajstić information content (AvgIpc) is 4.05. The first-order valence-corrected chi connectivity index (χ1v) is 26.8. The van der Waals surface area contributed by atoms with Crippen LogP contribution in [0.25, 0.3) is 22.3 Å². The Labute approximate surface area is 466 Å². The molecule has 0 radical (unpaired) electrons. The molecule has 15 atom stereocenters. The lowest BCUT2D eigenvalue weighted by Crippen LogP contribution is -2.64. The predicted octanol–water partition coefficient (Wildman–Crippen LogP) is -1.32. The van der Waals surface area contributed by atoms with Gasteiger partial charge in [-0.1, -0.05) is 80.9 Å². The van der Waals surface area contributed by atoms with E-state index >= 15 is 0 Å². The summed E-state index contributed by atoms with van der Waals surface area (Å²) in [7, 11) is 0. The molecule has 24 heteroatoms. The predicted molar refractivity (Wildman–Crippen MR) is 289 cm³/mol. The normalized spacial score (nSPS) is 27.7. The van der Waals surface area contributed by atoms with Crippen LogP contribution in [0.1, 0.15) is 75.4 Å². The molecule has 3 saturated heterocycles. The number of hydrogen-bond acceptors (Lipinski definition) is 17. The van der Waals surface area contributed by atoms with Gasteiger partial charge >= 0.3 is 0 Å². The van der Waals surface area contributed by atoms with Crippen LogP contribution in [0.15, 0.2) is 97.1 Å². The first-order chi connectivity index (χ1) is 38.5. The molecule has 7 amide bonds. The number of ether oxygens (including phenoxy) is 1. The number of aliphatic hydroxyl groups is 8. The summed E-state index contributed by atoms with van der Waals surface area (Å²) in [4.78, 5) is 102. The monoisotopic (exact) mass is 1130 g/mol. The highest BCUT2D eigenvalue weighted by molar-refractivity contribution is 6.00. The van der Waals surface area contributed by atoms with Gasteiger partial charge in [-0.3, -0.25) is 33.6 Å². The average molecular weight is 1130 g/mol. The number of aliphatic hydroxyl groups excluding tert-OH is 8. The highest BCUT2D eigenvalue weighted by Crippen LogP contribution is 2.30. The van der Waals surface area contributed by atoms with Crippen molar-refractivity contribution < 1.29 is 84.3 Å². The van der Waals surface area contributed by atoms with Gasteiger partial charge in [0.15, 0.2) is 6.23 Å². The van der Waals surface area contributed by atoms with Crippen LogP contribution in [0, 0.1) is 5.92 Å². The molecule has 3 aliphatic heterocycles. The molecular weight excluding hydrogens is 1050 g/mol. The zero-order valence-corrected chi connectivity index (χ0v) is 45.0. The Hall–Kier alpha value is -7.55. The van der Waals surface area contributed by atoms with E-state index in [1.54, 1.807) is 12.1 Å². The summed E-state index contributed by atoms with van der Waals surface area (Å²) in [6, 6.07) is 14.7. The number of carbonyl (C=O) groups is 7. The van der Waals surface area contributed by atoms with Crippen molar-refractivity contribution in [3.63, 3.8) is 0 Å². The maximum absolute atomic E-state index is 14.5. The standard InChI is InChI=1S/C57H71N7O17/c1-5-6-23-81-39-21-17-34(18-22-39)32-9-7-31(8-10-32)33-11-13-36(14-12-33)50(73)58-40-25-42(69)53(76)62-55(78)46-47(70)28(2)26-64(46)57(80)44(30(4)66)60-54(77)45(49(72)48(71)35-15-19-37(67)20-16-35)61-52(75)41-24-38(68)27-63(41)56(79)43(29(3)65)59-51(40)74/h7-22,28-30,38,40-49,53,65-72,76H,5-6,23-27H2,1-4H3,(H,58,73)(H,59,74)(H,60,77)(H,61,75)(H,62,78)/t28-,29+,30+,38+,40-,41-,42+,43-,44-,45-,46-,47-,48-,49-,53+/m0/s1.